The third-order valence-electron chi connectivity index (χ3n) is 6.69. The van der Waals surface area contributed by atoms with E-state index in [1.165, 1.54) is 43.4 Å². The predicted molar refractivity (Wildman–Crippen MR) is 146 cm³/mol. The first-order valence-electron chi connectivity index (χ1n) is 11.3. The summed E-state index contributed by atoms with van der Waals surface area (Å²) in [6, 6.07) is 36.8. The van der Waals surface area contributed by atoms with Gasteiger partial charge in [-0.3, -0.25) is 0 Å². The van der Waals surface area contributed by atoms with Gasteiger partial charge in [-0.15, -0.1) is 0 Å². The molecular formula is C31H19BrN2. The Kier molecular flexibility index (Phi) is 4.33. The monoisotopic (exact) mass is 498 g/mol. The minimum Gasteiger partial charge on any atom is -0.306 e. The molecule has 0 spiro atoms. The number of aromatic nitrogens is 2. The van der Waals surface area contributed by atoms with Crippen LogP contribution in [0.1, 0.15) is 0 Å². The molecule has 2 nitrogen and oxygen atoms in total. The van der Waals surface area contributed by atoms with Crippen LogP contribution in [0.4, 0.5) is 0 Å². The van der Waals surface area contributed by atoms with Gasteiger partial charge in [-0.2, -0.15) is 0 Å². The molecule has 0 fully saturated rings. The Balaban J connectivity index is 1.45. The van der Waals surface area contributed by atoms with Crippen LogP contribution in [0, 0.1) is 0 Å². The van der Waals surface area contributed by atoms with E-state index in [1.807, 2.05) is 24.4 Å². The molecule has 0 aliphatic carbocycles. The zero-order valence-corrected chi connectivity index (χ0v) is 19.8. The van der Waals surface area contributed by atoms with Gasteiger partial charge in [0.1, 0.15) is 5.65 Å². The average molecular weight is 499 g/mol. The lowest BCUT2D eigenvalue weighted by molar-refractivity contribution is 1.19. The Morgan fingerprint density at radius 1 is 0.559 bits per heavy atom. The number of nitrogens with zero attached hydrogens (tertiary/aromatic N) is 2. The highest BCUT2D eigenvalue weighted by atomic mass is 79.9. The molecule has 0 aliphatic heterocycles. The highest BCUT2D eigenvalue weighted by molar-refractivity contribution is 9.10. The molecule has 7 aromatic rings. The first-order valence-corrected chi connectivity index (χ1v) is 12.1. The number of imidazole rings is 1. The first-order chi connectivity index (χ1) is 16.8. The Hall–Kier alpha value is -3.95. The highest BCUT2D eigenvalue weighted by Crippen LogP contribution is 2.40. The van der Waals surface area contributed by atoms with Gasteiger partial charge in [-0.05, 0) is 67.7 Å². The summed E-state index contributed by atoms with van der Waals surface area (Å²) in [7, 11) is 0. The summed E-state index contributed by atoms with van der Waals surface area (Å²) < 4.78 is 3.19. The van der Waals surface area contributed by atoms with E-state index in [1.54, 1.807) is 0 Å². The molecular weight excluding hydrogens is 480 g/mol. The van der Waals surface area contributed by atoms with Crippen molar-refractivity contribution in [2.45, 2.75) is 0 Å². The Bertz CT molecular complexity index is 1830. The van der Waals surface area contributed by atoms with E-state index in [0.29, 0.717) is 0 Å². The lowest BCUT2D eigenvalue weighted by Gasteiger charge is -2.14. The molecule has 34 heavy (non-hydrogen) atoms. The molecule has 0 N–H and O–H groups in total. The van der Waals surface area contributed by atoms with Crippen molar-refractivity contribution in [3.8, 4) is 22.4 Å². The van der Waals surface area contributed by atoms with Crippen molar-refractivity contribution in [3.05, 3.63) is 120 Å². The van der Waals surface area contributed by atoms with Crippen LogP contribution in [-0.2, 0) is 0 Å². The maximum absolute atomic E-state index is 4.78. The number of hydrogen-bond acceptors (Lipinski definition) is 1. The number of rotatable bonds is 2. The summed E-state index contributed by atoms with van der Waals surface area (Å²) in [5, 5.41) is 7.57. The number of pyridine rings is 1. The van der Waals surface area contributed by atoms with Crippen molar-refractivity contribution in [1.29, 1.82) is 0 Å². The molecule has 160 valence electrons. The number of hydrogen-bond donors (Lipinski definition) is 0. The fourth-order valence-corrected chi connectivity index (χ4v) is 5.61. The van der Waals surface area contributed by atoms with Crippen molar-refractivity contribution < 1.29 is 0 Å². The summed E-state index contributed by atoms with van der Waals surface area (Å²) in [6.45, 7) is 0. The van der Waals surface area contributed by atoms with Gasteiger partial charge in [0.05, 0.1) is 5.69 Å². The molecule has 0 unspecified atom stereocenters. The second-order valence-electron chi connectivity index (χ2n) is 8.64. The van der Waals surface area contributed by atoms with Crippen LogP contribution in [0.2, 0.25) is 0 Å². The smallest absolute Gasteiger partial charge is 0.137 e. The van der Waals surface area contributed by atoms with Crippen LogP contribution < -0.4 is 0 Å². The zero-order valence-electron chi connectivity index (χ0n) is 18.2. The molecule has 0 saturated carbocycles. The van der Waals surface area contributed by atoms with E-state index in [-0.39, 0.29) is 0 Å². The molecule has 2 heterocycles. The van der Waals surface area contributed by atoms with Gasteiger partial charge in [-0.1, -0.05) is 94.8 Å². The van der Waals surface area contributed by atoms with Crippen LogP contribution >= 0.6 is 15.9 Å². The molecule has 0 aliphatic rings. The maximum Gasteiger partial charge on any atom is 0.137 e. The molecule has 5 aromatic carbocycles. The molecule has 7 rings (SSSR count). The maximum atomic E-state index is 4.78. The molecule has 0 bridgehead atoms. The van der Waals surface area contributed by atoms with Gasteiger partial charge >= 0.3 is 0 Å². The molecule has 0 saturated heterocycles. The Labute approximate surface area is 205 Å². The second kappa shape index (κ2) is 7.54. The van der Waals surface area contributed by atoms with E-state index < -0.39 is 0 Å². The van der Waals surface area contributed by atoms with E-state index in [2.05, 4.69) is 111 Å². The van der Waals surface area contributed by atoms with Gasteiger partial charge in [-0.25, -0.2) is 4.98 Å². The third kappa shape index (κ3) is 2.98. The summed E-state index contributed by atoms with van der Waals surface area (Å²) in [6.07, 6.45) is 4.11. The summed E-state index contributed by atoms with van der Waals surface area (Å²) in [5.41, 5.74) is 5.51. The quantitative estimate of drug-likeness (QED) is 0.217. The number of halogens is 1. The normalized spacial score (nSPS) is 11.7. The van der Waals surface area contributed by atoms with E-state index in [0.717, 1.165) is 21.4 Å². The molecule has 3 heteroatoms. The lowest BCUT2D eigenvalue weighted by atomic mass is 9.90. The van der Waals surface area contributed by atoms with Gasteiger partial charge in [0.25, 0.3) is 0 Å². The van der Waals surface area contributed by atoms with Crippen molar-refractivity contribution in [3.63, 3.8) is 0 Å². The van der Waals surface area contributed by atoms with Crippen LogP contribution in [0.3, 0.4) is 0 Å². The third-order valence-corrected chi connectivity index (χ3v) is 7.34. The van der Waals surface area contributed by atoms with Gasteiger partial charge in [0.15, 0.2) is 0 Å². The van der Waals surface area contributed by atoms with E-state index in [9.17, 15) is 0 Å². The molecule has 2 aromatic heterocycles. The Morgan fingerprint density at radius 3 is 1.94 bits per heavy atom. The largest absolute Gasteiger partial charge is 0.306 e. The second-order valence-corrected chi connectivity index (χ2v) is 9.49. The van der Waals surface area contributed by atoms with Crippen molar-refractivity contribution >= 4 is 53.9 Å². The molecule has 0 atom stereocenters. The number of benzene rings is 5. The van der Waals surface area contributed by atoms with E-state index >= 15 is 0 Å². The SMILES string of the molecule is Brc1cc2c3ccccc3c(-c3ccc(-c4cn5ccccc5n4)cc3)cc2c2ccccc12. The molecule has 0 amide bonds. The summed E-state index contributed by atoms with van der Waals surface area (Å²) in [4.78, 5) is 4.78. The van der Waals surface area contributed by atoms with E-state index in [4.69, 9.17) is 4.98 Å². The number of fused-ring (bicyclic) bond motifs is 6. The first kappa shape index (κ1) is 19.5. The zero-order chi connectivity index (χ0) is 22.6. The lowest BCUT2D eigenvalue weighted by Crippen LogP contribution is -1.87. The van der Waals surface area contributed by atoms with Crippen LogP contribution in [0.25, 0.3) is 60.3 Å². The van der Waals surface area contributed by atoms with Crippen LogP contribution in [0.15, 0.2) is 120 Å². The van der Waals surface area contributed by atoms with Crippen LogP contribution in [-0.4, -0.2) is 9.38 Å². The standard InChI is InChI=1S/C31H19BrN2/c32-29-18-28-23-8-2-1-7-22(23)26(17-27(28)24-9-3-4-10-25(24)29)20-12-14-21(15-13-20)30-19-34-16-6-5-11-31(34)33-30/h1-19H. The minimum absolute atomic E-state index is 0.958. The predicted octanol–water partition coefficient (Wildman–Crippen LogP) is 8.89. The fourth-order valence-electron chi connectivity index (χ4n) is 5.04. The van der Waals surface area contributed by atoms with Crippen molar-refractivity contribution in [2.75, 3.05) is 0 Å². The molecule has 0 radical (unpaired) electrons. The summed E-state index contributed by atoms with van der Waals surface area (Å²) >= 11 is 3.80. The van der Waals surface area contributed by atoms with Gasteiger partial charge in [0, 0.05) is 22.4 Å². The van der Waals surface area contributed by atoms with Crippen molar-refractivity contribution in [1.82, 2.24) is 9.38 Å². The van der Waals surface area contributed by atoms with Crippen LogP contribution in [0.5, 0.6) is 0 Å². The average Bonchev–Trinajstić information content (AvgIpc) is 3.33. The van der Waals surface area contributed by atoms with Gasteiger partial charge in [0.2, 0.25) is 0 Å². The summed E-state index contributed by atoms with van der Waals surface area (Å²) in [5.74, 6) is 0. The van der Waals surface area contributed by atoms with Crippen molar-refractivity contribution in [2.24, 2.45) is 0 Å². The highest BCUT2D eigenvalue weighted by Gasteiger charge is 2.13. The fraction of sp³-hybridized carbons (Fsp3) is 0. The minimum atomic E-state index is 0.958. The van der Waals surface area contributed by atoms with Gasteiger partial charge < -0.3 is 4.40 Å². The Morgan fingerprint density at radius 2 is 1.18 bits per heavy atom. The topological polar surface area (TPSA) is 17.3 Å².